The van der Waals surface area contributed by atoms with Crippen LogP contribution in [0.3, 0.4) is 0 Å². The van der Waals surface area contributed by atoms with Crippen molar-refractivity contribution in [3.63, 3.8) is 0 Å². The molecule has 0 radical (unpaired) electrons. The van der Waals surface area contributed by atoms with Crippen molar-refractivity contribution in [1.82, 2.24) is 0 Å². The molecule has 0 amide bonds. The normalized spacial score (nSPS) is 11.2. The first kappa shape index (κ1) is 14.4. The highest BCUT2D eigenvalue weighted by Gasteiger charge is 2.27. The molecule has 0 heterocycles. The zero-order valence-electron chi connectivity index (χ0n) is 11.8. The number of carboxylic acid groups (broad SMARTS) is 1. The molecule has 0 fully saturated rings. The van der Waals surface area contributed by atoms with Gasteiger partial charge in [-0.05, 0) is 57.4 Å². The van der Waals surface area contributed by atoms with Crippen molar-refractivity contribution in [1.29, 1.82) is 0 Å². The Hall–Kier alpha value is -1.71. The summed E-state index contributed by atoms with van der Waals surface area (Å²) in [6.07, 6.45) is 0. The summed E-state index contributed by atoms with van der Waals surface area (Å²) in [5.41, 5.74) is 2.86. The summed E-state index contributed by atoms with van der Waals surface area (Å²) in [5.74, 6) is -0.0285. The van der Waals surface area contributed by atoms with E-state index >= 15 is 0 Å². The van der Waals surface area contributed by atoms with E-state index in [2.05, 4.69) is 5.32 Å². The van der Waals surface area contributed by atoms with Gasteiger partial charge in [0.15, 0.2) is 0 Å². The highest BCUT2D eigenvalue weighted by molar-refractivity contribution is 5.82. The van der Waals surface area contributed by atoms with Crippen molar-refractivity contribution >= 4 is 11.7 Å². The van der Waals surface area contributed by atoms with Crippen LogP contribution in [0.15, 0.2) is 6.07 Å². The Morgan fingerprint density at radius 3 is 2.28 bits per heavy atom. The van der Waals surface area contributed by atoms with Gasteiger partial charge in [0, 0.05) is 5.69 Å². The summed E-state index contributed by atoms with van der Waals surface area (Å²) < 4.78 is 5.35. The second-order valence-corrected chi connectivity index (χ2v) is 5.08. The molecule has 0 aliphatic heterocycles. The fourth-order valence-corrected chi connectivity index (χ4v) is 1.89. The highest BCUT2D eigenvalue weighted by atomic mass is 16.5. The van der Waals surface area contributed by atoms with Gasteiger partial charge in [0.05, 0.1) is 7.11 Å². The van der Waals surface area contributed by atoms with Crippen LogP contribution in [0.2, 0.25) is 0 Å². The number of anilines is 1. The molecule has 0 aromatic heterocycles. The molecule has 0 aliphatic carbocycles. The van der Waals surface area contributed by atoms with Crippen molar-refractivity contribution < 1.29 is 14.6 Å². The molecule has 100 valence electrons. The number of hydrogen-bond donors (Lipinski definition) is 2. The third-order valence-corrected chi connectivity index (χ3v) is 3.21. The molecule has 0 aliphatic rings. The summed E-state index contributed by atoms with van der Waals surface area (Å²) in [7, 11) is 1.64. The van der Waals surface area contributed by atoms with E-state index in [0.29, 0.717) is 0 Å². The summed E-state index contributed by atoms with van der Waals surface area (Å²) in [4.78, 5) is 11.1. The lowest BCUT2D eigenvalue weighted by Crippen LogP contribution is -2.40. The number of benzene rings is 1. The molecule has 4 nitrogen and oxygen atoms in total. The SMILES string of the molecule is COc1c(C)cc(NC(C)(C)C(=O)O)c(C)c1C. The molecule has 1 aromatic carbocycles. The Kier molecular flexibility index (Phi) is 3.89. The Labute approximate surface area is 108 Å². The van der Waals surface area contributed by atoms with Gasteiger partial charge in [-0.1, -0.05) is 0 Å². The monoisotopic (exact) mass is 251 g/mol. The minimum Gasteiger partial charge on any atom is -0.496 e. The van der Waals surface area contributed by atoms with E-state index < -0.39 is 11.5 Å². The van der Waals surface area contributed by atoms with Gasteiger partial charge in [0.25, 0.3) is 0 Å². The van der Waals surface area contributed by atoms with Crippen LogP contribution < -0.4 is 10.1 Å². The van der Waals surface area contributed by atoms with Crippen LogP contribution in [0.4, 0.5) is 5.69 Å². The van der Waals surface area contributed by atoms with Gasteiger partial charge in [-0.3, -0.25) is 0 Å². The van der Waals surface area contributed by atoms with Crippen LogP contribution >= 0.6 is 0 Å². The van der Waals surface area contributed by atoms with Gasteiger partial charge in [0.1, 0.15) is 11.3 Å². The van der Waals surface area contributed by atoms with Crippen molar-refractivity contribution in [2.45, 2.75) is 40.2 Å². The quantitative estimate of drug-likeness (QED) is 0.864. The molecular formula is C14H21NO3. The minimum absolute atomic E-state index is 0.832. The van der Waals surface area contributed by atoms with E-state index in [0.717, 1.165) is 28.1 Å². The standard InChI is InChI=1S/C14H21NO3/c1-8-7-11(15-14(4,5)13(16)17)9(2)10(3)12(8)18-6/h7,15H,1-6H3,(H,16,17). The van der Waals surface area contributed by atoms with E-state index in [9.17, 15) is 4.79 Å². The van der Waals surface area contributed by atoms with Crippen LogP contribution in [-0.4, -0.2) is 23.7 Å². The second-order valence-electron chi connectivity index (χ2n) is 5.08. The first-order valence-corrected chi connectivity index (χ1v) is 5.87. The summed E-state index contributed by atoms with van der Waals surface area (Å²) in [5, 5.41) is 12.2. The average molecular weight is 251 g/mol. The first-order valence-electron chi connectivity index (χ1n) is 5.87. The number of methoxy groups -OCH3 is 1. The molecule has 0 saturated carbocycles. The number of aryl methyl sites for hydroxylation is 1. The van der Waals surface area contributed by atoms with Gasteiger partial charge in [-0.2, -0.15) is 0 Å². The molecule has 2 N–H and O–H groups in total. The maximum absolute atomic E-state index is 11.1. The molecule has 0 bridgehead atoms. The molecule has 0 unspecified atom stereocenters. The van der Waals surface area contributed by atoms with Crippen molar-refractivity contribution in [2.75, 3.05) is 12.4 Å². The number of carbonyl (C=O) groups is 1. The largest absolute Gasteiger partial charge is 0.496 e. The van der Waals surface area contributed by atoms with Crippen LogP contribution in [0.1, 0.15) is 30.5 Å². The van der Waals surface area contributed by atoms with Crippen LogP contribution in [0.5, 0.6) is 5.75 Å². The van der Waals surface area contributed by atoms with Crippen molar-refractivity contribution in [3.05, 3.63) is 22.8 Å². The highest BCUT2D eigenvalue weighted by Crippen LogP contribution is 2.32. The molecule has 18 heavy (non-hydrogen) atoms. The van der Waals surface area contributed by atoms with Crippen molar-refractivity contribution in [3.8, 4) is 5.75 Å². The Morgan fingerprint density at radius 2 is 1.83 bits per heavy atom. The third-order valence-electron chi connectivity index (χ3n) is 3.21. The van der Waals surface area contributed by atoms with E-state index in [1.54, 1.807) is 21.0 Å². The summed E-state index contributed by atoms with van der Waals surface area (Å²) in [6, 6.07) is 1.92. The van der Waals surface area contributed by atoms with Gasteiger partial charge in [-0.15, -0.1) is 0 Å². The maximum Gasteiger partial charge on any atom is 0.328 e. The van der Waals surface area contributed by atoms with E-state index in [1.807, 2.05) is 26.8 Å². The Balaban J connectivity index is 3.24. The lowest BCUT2D eigenvalue weighted by molar-refractivity contribution is -0.141. The average Bonchev–Trinajstić information content (AvgIpc) is 2.25. The Bertz CT molecular complexity index is 478. The predicted molar refractivity (Wildman–Crippen MR) is 72.5 cm³/mol. The predicted octanol–water partition coefficient (Wildman–Crippen LogP) is 2.90. The molecule has 0 atom stereocenters. The lowest BCUT2D eigenvalue weighted by atomic mass is 9.99. The molecule has 0 saturated heterocycles. The van der Waals surface area contributed by atoms with E-state index in [4.69, 9.17) is 9.84 Å². The van der Waals surface area contributed by atoms with E-state index in [1.165, 1.54) is 0 Å². The first-order chi connectivity index (χ1) is 8.20. The zero-order valence-corrected chi connectivity index (χ0v) is 11.8. The smallest absolute Gasteiger partial charge is 0.328 e. The third kappa shape index (κ3) is 2.58. The summed E-state index contributed by atoms with van der Waals surface area (Å²) in [6.45, 7) is 9.16. The minimum atomic E-state index is -1.00. The lowest BCUT2D eigenvalue weighted by Gasteiger charge is -2.25. The molecule has 0 spiro atoms. The molecule has 1 rings (SSSR count). The molecule has 1 aromatic rings. The number of nitrogens with one attached hydrogen (secondary N) is 1. The second kappa shape index (κ2) is 4.88. The Morgan fingerprint density at radius 1 is 1.28 bits per heavy atom. The topological polar surface area (TPSA) is 58.6 Å². The van der Waals surface area contributed by atoms with Crippen LogP contribution in [0, 0.1) is 20.8 Å². The maximum atomic E-state index is 11.1. The van der Waals surface area contributed by atoms with Gasteiger partial charge in [-0.25, -0.2) is 4.79 Å². The fourth-order valence-electron chi connectivity index (χ4n) is 1.89. The summed E-state index contributed by atoms with van der Waals surface area (Å²) >= 11 is 0. The number of rotatable bonds is 4. The zero-order chi connectivity index (χ0) is 14.1. The number of aliphatic carboxylic acids is 1. The number of hydrogen-bond acceptors (Lipinski definition) is 3. The van der Waals surface area contributed by atoms with Gasteiger partial charge >= 0.3 is 5.97 Å². The molecular weight excluding hydrogens is 230 g/mol. The number of ether oxygens (including phenoxy) is 1. The molecule has 4 heteroatoms. The fraction of sp³-hybridized carbons (Fsp3) is 0.500. The van der Waals surface area contributed by atoms with Crippen molar-refractivity contribution in [2.24, 2.45) is 0 Å². The van der Waals surface area contributed by atoms with Gasteiger partial charge in [0.2, 0.25) is 0 Å². The number of carboxylic acids is 1. The van der Waals surface area contributed by atoms with Crippen LogP contribution in [0.25, 0.3) is 0 Å². The van der Waals surface area contributed by atoms with Gasteiger partial charge < -0.3 is 15.2 Å². The van der Waals surface area contributed by atoms with Crippen LogP contribution in [-0.2, 0) is 4.79 Å². The van der Waals surface area contributed by atoms with E-state index in [-0.39, 0.29) is 0 Å².